The molecule has 0 atom stereocenters. The minimum absolute atomic E-state index is 0.0665. The molecular weight excluding hydrogens is 306 g/mol. The van der Waals surface area contributed by atoms with Gasteiger partial charge in [0.2, 0.25) is 0 Å². The standard InChI is InChI=1S/C17H23N5O2/c1-12(2)19-17(23)20-16-9-8-15(21-22-16)18-11-10-13-4-6-14(24-3)7-5-13/h4-9,12H,10-11H2,1-3H3,(H,18,21)(H2,19,20,22,23). The Bertz CT molecular complexity index is 641. The van der Waals surface area contributed by atoms with Crippen LogP contribution in [0.15, 0.2) is 36.4 Å². The lowest BCUT2D eigenvalue weighted by Gasteiger charge is -2.10. The van der Waals surface area contributed by atoms with Crippen molar-refractivity contribution >= 4 is 17.7 Å². The minimum Gasteiger partial charge on any atom is -0.497 e. The van der Waals surface area contributed by atoms with Crippen molar-refractivity contribution in [3.63, 3.8) is 0 Å². The largest absolute Gasteiger partial charge is 0.497 e. The lowest BCUT2D eigenvalue weighted by molar-refractivity contribution is 0.250. The smallest absolute Gasteiger partial charge is 0.320 e. The molecule has 2 rings (SSSR count). The van der Waals surface area contributed by atoms with Crippen LogP contribution in [0.3, 0.4) is 0 Å². The fourth-order valence-corrected chi connectivity index (χ4v) is 2.03. The van der Waals surface area contributed by atoms with Gasteiger partial charge >= 0.3 is 6.03 Å². The number of carbonyl (C=O) groups excluding carboxylic acids is 1. The molecule has 2 aromatic rings. The summed E-state index contributed by atoms with van der Waals surface area (Å²) in [4.78, 5) is 11.6. The van der Waals surface area contributed by atoms with Crippen molar-refractivity contribution in [2.75, 3.05) is 24.3 Å². The Labute approximate surface area is 141 Å². The van der Waals surface area contributed by atoms with Gasteiger partial charge in [0.1, 0.15) is 11.6 Å². The highest BCUT2D eigenvalue weighted by Gasteiger charge is 2.04. The van der Waals surface area contributed by atoms with Gasteiger partial charge in [0.25, 0.3) is 0 Å². The average molecular weight is 329 g/mol. The first-order valence-electron chi connectivity index (χ1n) is 7.85. The number of ether oxygens (including phenoxy) is 1. The van der Waals surface area contributed by atoms with Gasteiger partial charge in [0, 0.05) is 12.6 Å². The molecule has 0 radical (unpaired) electrons. The molecule has 0 saturated carbocycles. The molecule has 0 unspecified atom stereocenters. The Hall–Kier alpha value is -2.83. The van der Waals surface area contributed by atoms with Gasteiger partial charge in [-0.2, -0.15) is 0 Å². The summed E-state index contributed by atoms with van der Waals surface area (Å²) in [6.45, 7) is 4.52. The number of methoxy groups -OCH3 is 1. The highest BCUT2D eigenvalue weighted by molar-refractivity contribution is 5.88. The molecule has 1 aromatic carbocycles. The van der Waals surface area contributed by atoms with Crippen LogP contribution in [-0.4, -0.2) is 35.9 Å². The van der Waals surface area contributed by atoms with Gasteiger partial charge in [0.05, 0.1) is 7.11 Å². The zero-order chi connectivity index (χ0) is 17.4. The molecule has 7 nitrogen and oxygen atoms in total. The van der Waals surface area contributed by atoms with Gasteiger partial charge in [-0.25, -0.2) is 4.79 Å². The summed E-state index contributed by atoms with van der Waals surface area (Å²) in [5.74, 6) is 1.93. The third kappa shape index (κ3) is 5.75. The molecular formula is C17H23N5O2. The van der Waals surface area contributed by atoms with Gasteiger partial charge < -0.3 is 15.4 Å². The Morgan fingerprint density at radius 3 is 2.33 bits per heavy atom. The van der Waals surface area contributed by atoms with E-state index in [9.17, 15) is 4.79 Å². The van der Waals surface area contributed by atoms with E-state index in [4.69, 9.17) is 4.74 Å². The van der Waals surface area contributed by atoms with E-state index in [1.54, 1.807) is 19.2 Å². The van der Waals surface area contributed by atoms with Crippen LogP contribution in [0.2, 0.25) is 0 Å². The molecule has 128 valence electrons. The SMILES string of the molecule is COc1ccc(CCNc2ccc(NC(=O)NC(C)C)nn2)cc1. The van der Waals surface area contributed by atoms with Crippen molar-refractivity contribution < 1.29 is 9.53 Å². The van der Waals surface area contributed by atoms with E-state index in [1.165, 1.54) is 5.56 Å². The number of nitrogens with zero attached hydrogens (tertiary/aromatic N) is 2. The zero-order valence-electron chi connectivity index (χ0n) is 14.2. The lowest BCUT2D eigenvalue weighted by atomic mass is 10.1. The van der Waals surface area contributed by atoms with E-state index in [2.05, 4.69) is 26.1 Å². The summed E-state index contributed by atoms with van der Waals surface area (Å²) in [6, 6.07) is 11.2. The summed E-state index contributed by atoms with van der Waals surface area (Å²) >= 11 is 0. The molecule has 0 aliphatic rings. The predicted molar refractivity (Wildman–Crippen MR) is 94.5 cm³/mol. The maximum Gasteiger partial charge on any atom is 0.320 e. The topological polar surface area (TPSA) is 88.2 Å². The normalized spacial score (nSPS) is 10.3. The number of amides is 2. The van der Waals surface area contributed by atoms with Crippen molar-refractivity contribution in [2.45, 2.75) is 26.3 Å². The Balaban J connectivity index is 1.77. The first kappa shape index (κ1) is 17.5. The van der Waals surface area contributed by atoms with Crippen molar-refractivity contribution in [3.05, 3.63) is 42.0 Å². The number of benzene rings is 1. The summed E-state index contributed by atoms with van der Waals surface area (Å²) in [5, 5.41) is 16.6. The fraction of sp³-hybridized carbons (Fsp3) is 0.353. The number of urea groups is 1. The number of rotatable bonds is 7. The molecule has 0 fully saturated rings. The van der Waals surface area contributed by atoms with Crippen LogP contribution >= 0.6 is 0 Å². The van der Waals surface area contributed by atoms with Crippen molar-refractivity contribution in [1.29, 1.82) is 0 Å². The van der Waals surface area contributed by atoms with Gasteiger partial charge in [-0.1, -0.05) is 12.1 Å². The number of carbonyl (C=O) groups is 1. The second-order valence-corrected chi connectivity index (χ2v) is 5.58. The third-order valence-electron chi connectivity index (χ3n) is 3.20. The first-order chi connectivity index (χ1) is 11.6. The van der Waals surface area contributed by atoms with E-state index < -0.39 is 0 Å². The zero-order valence-corrected chi connectivity index (χ0v) is 14.2. The molecule has 24 heavy (non-hydrogen) atoms. The quantitative estimate of drug-likeness (QED) is 0.727. The molecule has 3 N–H and O–H groups in total. The van der Waals surface area contributed by atoms with Crippen LogP contribution in [0.4, 0.5) is 16.4 Å². The number of hydrogen-bond acceptors (Lipinski definition) is 5. The second kappa shape index (κ2) is 8.71. The maximum atomic E-state index is 11.6. The van der Waals surface area contributed by atoms with Gasteiger partial charge in [-0.3, -0.25) is 5.32 Å². The molecule has 2 amide bonds. The van der Waals surface area contributed by atoms with Crippen LogP contribution in [0.25, 0.3) is 0 Å². The molecule has 7 heteroatoms. The summed E-state index contributed by atoms with van der Waals surface area (Å²) in [6.07, 6.45) is 0.864. The van der Waals surface area contributed by atoms with Gasteiger partial charge in [0.15, 0.2) is 5.82 Å². The maximum absolute atomic E-state index is 11.6. The number of nitrogens with one attached hydrogen (secondary N) is 3. The minimum atomic E-state index is -0.292. The average Bonchev–Trinajstić information content (AvgIpc) is 2.56. The monoisotopic (exact) mass is 329 g/mol. The Morgan fingerprint density at radius 1 is 1.08 bits per heavy atom. The number of anilines is 2. The summed E-state index contributed by atoms with van der Waals surface area (Å²) in [7, 11) is 1.65. The number of hydrogen-bond donors (Lipinski definition) is 3. The van der Waals surface area contributed by atoms with E-state index in [-0.39, 0.29) is 12.1 Å². The van der Waals surface area contributed by atoms with Crippen molar-refractivity contribution in [1.82, 2.24) is 15.5 Å². The van der Waals surface area contributed by atoms with Crippen molar-refractivity contribution in [3.8, 4) is 5.75 Å². The van der Waals surface area contributed by atoms with Crippen LogP contribution in [-0.2, 0) is 6.42 Å². The fourth-order valence-electron chi connectivity index (χ4n) is 2.03. The Kier molecular flexibility index (Phi) is 6.36. The first-order valence-corrected chi connectivity index (χ1v) is 7.85. The highest BCUT2D eigenvalue weighted by atomic mass is 16.5. The highest BCUT2D eigenvalue weighted by Crippen LogP contribution is 2.12. The second-order valence-electron chi connectivity index (χ2n) is 5.58. The summed E-state index contributed by atoms with van der Waals surface area (Å²) < 4.78 is 5.13. The molecule has 0 bridgehead atoms. The van der Waals surface area contributed by atoms with E-state index in [0.717, 1.165) is 18.7 Å². The van der Waals surface area contributed by atoms with Crippen molar-refractivity contribution in [2.24, 2.45) is 0 Å². The van der Waals surface area contributed by atoms with Gasteiger partial charge in [-0.05, 0) is 50.1 Å². The van der Waals surface area contributed by atoms with Crippen LogP contribution < -0.4 is 20.7 Å². The molecule has 0 saturated heterocycles. The third-order valence-corrected chi connectivity index (χ3v) is 3.20. The number of aromatic nitrogens is 2. The molecule has 0 spiro atoms. The van der Waals surface area contributed by atoms with E-state index >= 15 is 0 Å². The molecule has 1 heterocycles. The summed E-state index contributed by atoms with van der Waals surface area (Å²) in [5.41, 5.74) is 1.21. The Morgan fingerprint density at radius 2 is 1.75 bits per heavy atom. The molecule has 1 aromatic heterocycles. The van der Waals surface area contributed by atoms with Crippen LogP contribution in [0.5, 0.6) is 5.75 Å². The molecule has 0 aliphatic carbocycles. The lowest BCUT2D eigenvalue weighted by Crippen LogP contribution is -2.34. The van der Waals surface area contributed by atoms with E-state index in [1.807, 2.05) is 38.1 Å². The molecule has 0 aliphatic heterocycles. The van der Waals surface area contributed by atoms with E-state index in [0.29, 0.717) is 11.6 Å². The van der Waals surface area contributed by atoms with Crippen LogP contribution in [0.1, 0.15) is 19.4 Å². The predicted octanol–water partition coefficient (Wildman–Crippen LogP) is 2.67. The van der Waals surface area contributed by atoms with Crippen LogP contribution in [0, 0.1) is 0 Å². The van der Waals surface area contributed by atoms with Gasteiger partial charge in [-0.15, -0.1) is 10.2 Å².